The fraction of sp³-hybridized carbons (Fsp3) is 1.00. The Labute approximate surface area is 172 Å². The highest BCUT2D eigenvalue weighted by Crippen LogP contribution is 2.65. The van der Waals surface area contributed by atoms with Crippen LogP contribution in [0.1, 0.15) is 98.8 Å². The first-order valence-electron chi connectivity index (χ1n) is 11.7. The van der Waals surface area contributed by atoms with Gasteiger partial charge < -0.3 is 14.4 Å². The number of rotatable bonds is 8. The number of aliphatic hydroxyl groups excluding tert-OH is 1. The van der Waals surface area contributed by atoms with Gasteiger partial charge in [0.25, 0.3) is 0 Å². The molecule has 1 aliphatic carbocycles. The minimum Gasteiger partial charge on any atom is -0.383 e. The lowest BCUT2D eigenvalue weighted by molar-refractivity contribution is -0.107. The fourth-order valence-corrected chi connectivity index (χ4v) is 8.54. The zero-order valence-corrected chi connectivity index (χ0v) is 19.7. The predicted octanol–water partition coefficient (Wildman–Crippen LogP) is 6.35. The largest absolute Gasteiger partial charge is 0.383 e. The Hall–Kier alpha value is 0.110. The van der Waals surface area contributed by atoms with Crippen LogP contribution >= 0.6 is 7.37 Å². The molecule has 1 saturated carbocycles. The molecule has 0 aromatic heterocycles. The van der Waals surface area contributed by atoms with Crippen molar-refractivity contribution < 1.29 is 18.9 Å². The van der Waals surface area contributed by atoms with Crippen molar-refractivity contribution in [2.24, 2.45) is 17.3 Å². The van der Waals surface area contributed by atoms with E-state index in [1.165, 1.54) is 32.1 Å². The Bertz CT molecular complexity index is 573. The summed E-state index contributed by atoms with van der Waals surface area (Å²) < 4.78 is 26.6. The molecule has 3 fully saturated rings. The van der Waals surface area contributed by atoms with Crippen LogP contribution in [0.4, 0.5) is 0 Å². The van der Waals surface area contributed by atoms with Crippen molar-refractivity contribution in [2.45, 2.75) is 122 Å². The van der Waals surface area contributed by atoms with Crippen LogP contribution in [0, 0.1) is 17.3 Å². The maximum atomic E-state index is 13.8. The highest BCUT2D eigenvalue weighted by Gasteiger charge is 2.59. The van der Waals surface area contributed by atoms with E-state index in [4.69, 9.17) is 9.26 Å². The van der Waals surface area contributed by atoms with Gasteiger partial charge in [-0.25, -0.2) is 0 Å². The lowest BCUT2D eigenvalue weighted by Crippen LogP contribution is -2.47. The minimum atomic E-state index is -3.06. The third kappa shape index (κ3) is 5.05. The van der Waals surface area contributed by atoms with Crippen molar-refractivity contribution in [3.63, 3.8) is 0 Å². The van der Waals surface area contributed by atoms with E-state index in [1.54, 1.807) is 0 Å². The SMILES string of the molecule is CCCCCCCCP1(=O)OC(C2CCC(C)(C)C2)C2OC(C)(C)CC2C1O. The van der Waals surface area contributed by atoms with Gasteiger partial charge in [0.15, 0.2) is 0 Å². The van der Waals surface area contributed by atoms with Gasteiger partial charge in [0.1, 0.15) is 5.85 Å². The van der Waals surface area contributed by atoms with E-state index in [-0.39, 0.29) is 23.7 Å². The normalized spacial score (nSPS) is 41.9. The van der Waals surface area contributed by atoms with Gasteiger partial charge in [-0.15, -0.1) is 0 Å². The maximum absolute atomic E-state index is 13.8. The first-order chi connectivity index (χ1) is 13.1. The van der Waals surface area contributed by atoms with Crippen molar-refractivity contribution in [2.75, 3.05) is 6.16 Å². The van der Waals surface area contributed by atoms with Crippen molar-refractivity contribution >= 4 is 7.37 Å². The lowest BCUT2D eigenvalue weighted by atomic mass is 9.84. The summed E-state index contributed by atoms with van der Waals surface area (Å²) in [5, 5.41) is 11.1. The second kappa shape index (κ2) is 8.69. The Morgan fingerprint density at radius 3 is 2.32 bits per heavy atom. The summed E-state index contributed by atoms with van der Waals surface area (Å²) in [4.78, 5) is 0. The second-order valence-corrected chi connectivity index (χ2v) is 13.7. The molecule has 5 heteroatoms. The zero-order chi connectivity index (χ0) is 20.6. The van der Waals surface area contributed by atoms with Crippen LogP contribution in [-0.2, 0) is 13.8 Å². The number of fused-ring (bicyclic) bond motifs is 1. The molecule has 0 amide bonds. The molecule has 2 heterocycles. The molecule has 2 aliphatic heterocycles. The Balaban J connectivity index is 1.70. The summed E-state index contributed by atoms with van der Waals surface area (Å²) in [5.74, 6) is -0.522. The fourth-order valence-electron chi connectivity index (χ4n) is 5.82. The summed E-state index contributed by atoms with van der Waals surface area (Å²) in [6, 6.07) is 0. The maximum Gasteiger partial charge on any atom is 0.231 e. The minimum absolute atomic E-state index is 0.0524. The van der Waals surface area contributed by atoms with Crippen molar-refractivity contribution in [3.05, 3.63) is 0 Å². The highest BCUT2D eigenvalue weighted by atomic mass is 31.2. The third-order valence-corrected chi connectivity index (χ3v) is 10.0. The van der Waals surface area contributed by atoms with Gasteiger partial charge in [-0.2, -0.15) is 0 Å². The average molecular weight is 415 g/mol. The zero-order valence-electron chi connectivity index (χ0n) is 18.8. The average Bonchev–Trinajstić information content (AvgIpc) is 3.13. The van der Waals surface area contributed by atoms with E-state index < -0.39 is 13.2 Å². The van der Waals surface area contributed by atoms with Gasteiger partial charge in [-0.3, -0.25) is 4.57 Å². The smallest absolute Gasteiger partial charge is 0.231 e. The summed E-state index contributed by atoms with van der Waals surface area (Å²) in [6.45, 7) is 11.0. The van der Waals surface area contributed by atoms with Gasteiger partial charge in [0.2, 0.25) is 7.37 Å². The van der Waals surface area contributed by atoms with Crippen LogP contribution in [0.25, 0.3) is 0 Å². The van der Waals surface area contributed by atoms with Gasteiger partial charge in [0, 0.05) is 12.1 Å². The summed E-state index contributed by atoms with van der Waals surface area (Å²) in [7, 11) is -3.06. The lowest BCUT2D eigenvalue weighted by Gasteiger charge is -2.43. The Kier molecular flexibility index (Phi) is 7.07. The molecule has 0 radical (unpaired) electrons. The molecule has 0 aromatic rings. The molecular weight excluding hydrogens is 371 g/mol. The van der Waals surface area contributed by atoms with Crippen LogP contribution in [0.3, 0.4) is 0 Å². The van der Waals surface area contributed by atoms with Crippen LogP contribution in [0.15, 0.2) is 0 Å². The topological polar surface area (TPSA) is 55.8 Å². The molecule has 28 heavy (non-hydrogen) atoms. The summed E-state index contributed by atoms with van der Waals surface area (Å²) >= 11 is 0. The summed E-state index contributed by atoms with van der Waals surface area (Å²) in [6.07, 6.45) is 11.4. The van der Waals surface area contributed by atoms with E-state index in [1.807, 2.05) is 0 Å². The molecular formula is C23H43O4P. The number of hydrogen-bond donors (Lipinski definition) is 1. The van der Waals surface area contributed by atoms with Crippen LogP contribution in [-0.4, -0.2) is 34.9 Å². The first-order valence-corrected chi connectivity index (χ1v) is 13.6. The highest BCUT2D eigenvalue weighted by molar-refractivity contribution is 7.59. The van der Waals surface area contributed by atoms with E-state index in [0.717, 1.165) is 32.1 Å². The van der Waals surface area contributed by atoms with Crippen molar-refractivity contribution in [3.8, 4) is 0 Å². The standard InChI is InChI=1S/C23H43O4P/c1-6-7-8-9-10-11-14-28(25)21(24)18-16-23(4,5)26-20(18)19(27-28)17-12-13-22(2,3)15-17/h17-21,24H,6-16H2,1-5H3. The molecule has 0 bridgehead atoms. The van der Waals surface area contributed by atoms with Crippen molar-refractivity contribution in [1.29, 1.82) is 0 Å². The molecule has 6 unspecified atom stereocenters. The quantitative estimate of drug-likeness (QED) is 0.371. The molecule has 164 valence electrons. The van der Waals surface area contributed by atoms with Crippen LogP contribution in [0.2, 0.25) is 0 Å². The number of aliphatic hydroxyl groups is 1. The number of hydrogen-bond acceptors (Lipinski definition) is 4. The Morgan fingerprint density at radius 1 is 1.00 bits per heavy atom. The van der Waals surface area contributed by atoms with Gasteiger partial charge in [0.05, 0.1) is 17.8 Å². The van der Waals surface area contributed by atoms with E-state index >= 15 is 0 Å². The van der Waals surface area contributed by atoms with E-state index in [0.29, 0.717) is 17.5 Å². The molecule has 2 saturated heterocycles. The summed E-state index contributed by atoms with van der Waals surface area (Å²) in [5.41, 5.74) is 0.0400. The van der Waals surface area contributed by atoms with Crippen LogP contribution < -0.4 is 0 Å². The van der Waals surface area contributed by atoms with E-state index in [2.05, 4.69) is 34.6 Å². The molecule has 6 atom stereocenters. The number of ether oxygens (including phenoxy) is 1. The third-order valence-electron chi connectivity index (χ3n) is 7.31. The molecule has 4 nitrogen and oxygen atoms in total. The predicted molar refractivity (Wildman–Crippen MR) is 115 cm³/mol. The molecule has 1 N–H and O–H groups in total. The second-order valence-electron chi connectivity index (χ2n) is 11.1. The molecule has 0 spiro atoms. The van der Waals surface area contributed by atoms with Crippen LogP contribution in [0.5, 0.6) is 0 Å². The molecule has 3 rings (SSSR count). The molecule has 0 aromatic carbocycles. The first kappa shape index (κ1) is 22.8. The molecule has 3 aliphatic rings. The van der Waals surface area contributed by atoms with Gasteiger partial charge >= 0.3 is 0 Å². The number of unbranched alkanes of at least 4 members (excludes halogenated alkanes) is 5. The van der Waals surface area contributed by atoms with Gasteiger partial charge in [-0.1, -0.05) is 52.9 Å². The Morgan fingerprint density at radius 2 is 1.68 bits per heavy atom. The monoisotopic (exact) mass is 414 g/mol. The van der Waals surface area contributed by atoms with Gasteiger partial charge in [-0.05, 0) is 57.3 Å². The van der Waals surface area contributed by atoms with Crippen molar-refractivity contribution in [1.82, 2.24) is 0 Å². The van der Waals surface area contributed by atoms with E-state index in [9.17, 15) is 9.67 Å².